The second kappa shape index (κ2) is 5.87. The standard InChI is InChI=1S/C17H19NO3/c1-11-5-7-16(21-4)15(9-11)18-12(2)10-14(13(18)3)6-8-17(19)20/h5-10H,1-4H3,(H,19,20)/b8-6+. The predicted octanol–water partition coefficient (Wildman–Crippen LogP) is 3.51. The molecule has 4 nitrogen and oxygen atoms in total. The van der Waals surface area contributed by atoms with Crippen LogP contribution in [0.1, 0.15) is 22.5 Å². The molecule has 0 radical (unpaired) electrons. The maximum atomic E-state index is 10.7. The maximum Gasteiger partial charge on any atom is 0.328 e. The van der Waals surface area contributed by atoms with Crippen LogP contribution in [0.3, 0.4) is 0 Å². The van der Waals surface area contributed by atoms with Gasteiger partial charge >= 0.3 is 5.97 Å². The number of carboxylic acid groups (broad SMARTS) is 1. The fourth-order valence-corrected chi connectivity index (χ4v) is 2.46. The lowest BCUT2D eigenvalue weighted by Gasteiger charge is -2.14. The second-order valence-electron chi connectivity index (χ2n) is 5.01. The van der Waals surface area contributed by atoms with Crippen LogP contribution < -0.4 is 4.74 Å². The Labute approximate surface area is 124 Å². The number of carbonyl (C=O) groups is 1. The van der Waals surface area contributed by atoms with Gasteiger partial charge in [-0.25, -0.2) is 4.79 Å². The molecule has 0 fully saturated rings. The van der Waals surface area contributed by atoms with Gasteiger partial charge in [-0.2, -0.15) is 0 Å². The van der Waals surface area contributed by atoms with Gasteiger partial charge in [0.2, 0.25) is 0 Å². The van der Waals surface area contributed by atoms with Crippen LogP contribution in [-0.4, -0.2) is 22.8 Å². The van der Waals surface area contributed by atoms with Gasteiger partial charge in [-0.1, -0.05) is 6.07 Å². The molecule has 21 heavy (non-hydrogen) atoms. The van der Waals surface area contributed by atoms with Crippen LogP contribution in [0.25, 0.3) is 11.8 Å². The molecule has 2 rings (SSSR count). The zero-order chi connectivity index (χ0) is 15.6. The van der Waals surface area contributed by atoms with Crippen LogP contribution in [0.4, 0.5) is 0 Å². The average molecular weight is 285 g/mol. The normalized spacial score (nSPS) is 11.0. The molecule has 2 aromatic rings. The van der Waals surface area contributed by atoms with E-state index < -0.39 is 5.97 Å². The van der Waals surface area contributed by atoms with Crippen LogP contribution in [-0.2, 0) is 4.79 Å². The number of hydrogen-bond donors (Lipinski definition) is 1. The topological polar surface area (TPSA) is 51.5 Å². The van der Waals surface area contributed by atoms with Crippen molar-refractivity contribution < 1.29 is 14.6 Å². The first-order valence-corrected chi connectivity index (χ1v) is 6.69. The quantitative estimate of drug-likeness (QED) is 0.875. The van der Waals surface area contributed by atoms with Gasteiger partial charge in [-0.3, -0.25) is 0 Å². The van der Waals surface area contributed by atoms with Gasteiger partial charge in [0.15, 0.2) is 0 Å². The smallest absolute Gasteiger partial charge is 0.328 e. The molecule has 0 spiro atoms. The summed E-state index contributed by atoms with van der Waals surface area (Å²) in [5.74, 6) is -0.163. The van der Waals surface area contributed by atoms with E-state index in [4.69, 9.17) is 9.84 Å². The van der Waals surface area contributed by atoms with Crippen LogP contribution in [0.5, 0.6) is 5.75 Å². The summed E-state index contributed by atoms with van der Waals surface area (Å²) in [4.78, 5) is 10.7. The van der Waals surface area contributed by atoms with E-state index in [9.17, 15) is 4.79 Å². The van der Waals surface area contributed by atoms with E-state index in [1.165, 1.54) is 0 Å². The van der Waals surface area contributed by atoms with Gasteiger partial charge in [0.05, 0.1) is 12.8 Å². The summed E-state index contributed by atoms with van der Waals surface area (Å²) >= 11 is 0. The lowest BCUT2D eigenvalue weighted by molar-refractivity contribution is -0.131. The summed E-state index contributed by atoms with van der Waals surface area (Å²) in [5.41, 5.74) is 5.00. The van der Waals surface area contributed by atoms with Crippen molar-refractivity contribution in [3.05, 3.63) is 52.9 Å². The fourth-order valence-electron chi connectivity index (χ4n) is 2.46. The highest BCUT2D eigenvalue weighted by Gasteiger charge is 2.13. The molecule has 0 saturated heterocycles. The van der Waals surface area contributed by atoms with E-state index in [0.717, 1.165) is 40.0 Å². The van der Waals surface area contributed by atoms with Crippen molar-refractivity contribution in [3.63, 3.8) is 0 Å². The van der Waals surface area contributed by atoms with E-state index in [1.54, 1.807) is 13.2 Å². The highest BCUT2D eigenvalue weighted by molar-refractivity contribution is 5.85. The van der Waals surface area contributed by atoms with Gasteiger partial charge in [0.25, 0.3) is 0 Å². The minimum Gasteiger partial charge on any atom is -0.495 e. The number of aryl methyl sites for hydroxylation is 2. The highest BCUT2D eigenvalue weighted by atomic mass is 16.5. The van der Waals surface area contributed by atoms with E-state index in [-0.39, 0.29) is 0 Å². The van der Waals surface area contributed by atoms with Gasteiger partial charge in [0.1, 0.15) is 5.75 Å². The number of rotatable bonds is 4. The van der Waals surface area contributed by atoms with Crippen molar-refractivity contribution in [2.24, 2.45) is 0 Å². The minimum absolute atomic E-state index is 0.788. The molecular weight excluding hydrogens is 266 g/mol. The summed E-state index contributed by atoms with van der Waals surface area (Å²) in [6.07, 6.45) is 2.77. The Morgan fingerprint density at radius 1 is 1.24 bits per heavy atom. The number of benzene rings is 1. The summed E-state index contributed by atoms with van der Waals surface area (Å²) in [5, 5.41) is 8.76. The van der Waals surface area contributed by atoms with Gasteiger partial charge in [-0.15, -0.1) is 0 Å². The van der Waals surface area contributed by atoms with E-state index >= 15 is 0 Å². The number of nitrogens with zero attached hydrogens (tertiary/aromatic N) is 1. The summed E-state index contributed by atoms with van der Waals surface area (Å²) in [6.45, 7) is 5.99. The molecule has 0 aliphatic rings. The molecule has 0 aliphatic carbocycles. The first-order valence-electron chi connectivity index (χ1n) is 6.69. The number of aromatic nitrogens is 1. The molecule has 0 bridgehead atoms. The number of hydrogen-bond acceptors (Lipinski definition) is 2. The number of ether oxygens (including phenoxy) is 1. The van der Waals surface area contributed by atoms with Crippen LogP contribution in [0, 0.1) is 20.8 Å². The third-order valence-electron chi connectivity index (χ3n) is 3.45. The van der Waals surface area contributed by atoms with Crippen LogP contribution >= 0.6 is 0 Å². The fraction of sp³-hybridized carbons (Fsp3) is 0.235. The number of aliphatic carboxylic acids is 1. The molecule has 0 amide bonds. The van der Waals surface area contributed by atoms with E-state index in [0.29, 0.717) is 0 Å². The van der Waals surface area contributed by atoms with E-state index in [2.05, 4.69) is 10.6 Å². The van der Waals surface area contributed by atoms with Crippen molar-refractivity contribution in [1.29, 1.82) is 0 Å². The predicted molar refractivity (Wildman–Crippen MR) is 83.2 cm³/mol. The Kier molecular flexibility index (Phi) is 4.17. The van der Waals surface area contributed by atoms with Crippen molar-refractivity contribution in [2.75, 3.05) is 7.11 Å². The lowest BCUT2D eigenvalue weighted by Crippen LogP contribution is -2.02. The molecule has 1 aromatic heterocycles. The first kappa shape index (κ1) is 14.9. The first-order chi connectivity index (χ1) is 9.93. The Bertz CT molecular complexity index is 711. The SMILES string of the molecule is COc1ccc(C)cc1-n1c(C)cc(/C=C/C(=O)O)c1C. The largest absolute Gasteiger partial charge is 0.495 e. The molecule has 0 unspecified atom stereocenters. The molecule has 110 valence electrons. The van der Waals surface area contributed by atoms with Crippen molar-refractivity contribution in [3.8, 4) is 11.4 Å². The zero-order valence-corrected chi connectivity index (χ0v) is 12.7. The van der Waals surface area contributed by atoms with Crippen molar-refractivity contribution in [2.45, 2.75) is 20.8 Å². The Morgan fingerprint density at radius 2 is 1.95 bits per heavy atom. The van der Waals surface area contributed by atoms with Gasteiger partial charge in [0, 0.05) is 17.5 Å². The molecule has 0 atom stereocenters. The Balaban J connectivity index is 2.60. The maximum absolute atomic E-state index is 10.7. The van der Waals surface area contributed by atoms with Gasteiger partial charge in [-0.05, 0) is 56.2 Å². The molecule has 0 saturated carbocycles. The number of carboxylic acids is 1. The Morgan fingerprint density at radius 3 is 2.57 bits per heavy atom. The molecule has 1 aromatic carbocycles. The molecule has 1 heterocycles. The second-order valence-corrected chi connectivity index (χ2v) is 5.01. The minimum atomic E-state index is -0.951. The third kappa shape index (κ3) is 2.99. The summed E-state index contributed by atoms with van der Waals surface area (Å²) in [7, 11) is 1.65. The average Bonchev–Trinajstić information content (AvgIpc) is 2.71. The van der Waals surface area contributed by atoms with Crippen molar-refractivity contribution >= 4 is 12.0 Å². The summed E-state index contributed by atoms with van der Waals surface area (Å²) in [6, 6.07) is 7.97. The third-order valence-corrected chi connectivity index (χ3v) is 3.45. The number of methoxy groups -OCH3 is 1. The van der Waals surface area contributed by atoms with Crippen LogP contribution in [0.2, 0.25) is 0 Å². The van der Waals surface area contributed by atoms with Gasteiger partial charge < -0.3 is 14.4 Å². The molecule has 4 heteroatoms. The molecule has 0 aliphatic heterocycles. The monoisotopic (exact) mass is 285 g/mol. The lowest BCUT2D eigenvalue weighted by atomic mass is 10.2. The molecular formula is C17H19NO3. The van der Waals surface area contributed by atoms with Crippen LogP contribution in [0.15, 0.2) is 30.3 Å². The highest BCUT2D eigenvalue weighted by Crippen LogP contribution is 2.29. The summed E-state index contributed by atoms with van der Waals surface area (Å²) < 4.78 is 7.52. The molecule has 1 N–H and O–H groups in total. The van der Waals surface area contributed by atoms with E-state index in [1.807, 2.05) is 39.0 Å². The zero-order valence-electron chi connectivity index (χ0n) is 12.7. The Hall–Kier alpha value is -2.49. The van der Waals surface area contributed by atoms with Crippen molar-refractivity contribution in [1.82, 2.24) is 4.57 Å².